The molecule has 32 heavy (non-hydrogen) atoms. The van der Waals surface area contributed by atoms with Crippen molar-refractivity contribution in [3.05, 3.63) is 64.7 Å². The molecular formula is C24H28ClN3O4. The first-order chi connectivity index (χ1) is 15.4. The fourth-order valence-corrected chi connectivity index (χ4v) is 3.92. The largest absolute Gasteiger partial charge is 0.497 e. The molecule has 3 rings (SSSR count). The average Bonchev–Trinajstić information content (AvgIpc) is 2.79. The van der Waals surface area contributed by atoms with Crippen molar-refractivity contribution < 1.29 is 19.1 Å². The molecule has 8 heteroatoms. The first-order valence-electron chi connectivity index (χ1n) is 10.6. The molecule has 1 fully saturated rings. The monoisotopic (exact) mass is 457 g/mol. The molecule has 2 aromatic rings. The number of carbonyl (C=O) groups is 3. The van der Waals surface area contributed by atoms with E-state index in [1.807, 2.05) is 24.3 Å². The highest BCUT2D eigenvalue weighted by Gasteiger charge is 2.27. The molecule has 170 valence electrons. The molecule has 1 aliphatic rings. The predicted molar refractivity (Wildman–Crippen MR) is 123 cm³/mol. The van der Waals surface area contributed by atoms with Crippen LogP contribution in [-0.2, 0) is 16.0 Å². The first-order valence-corrected chi connectivity index (χ1v) is 11.0. The van der Waals surface area contributed by atoms with Gasteiger partial charge in [-0.2, -0.15) is 0 Å². The van der Waals surface area contributed by atoms with Gasteiger partial charge in [0.2, 0.25) is 11.8 Å². The van der Waals surface area contributed by atoms with Gasteiger partial charge in [-0.25, -0.2) is 0 Å². The van der Waals surface area contributed by atoms with Crippen molar-refractivity contribution in [1.82, 2.24) is 15.5 Å². The van der Waals surface area contributed by atoms with E-state index in [4.69, 9.17) is 16.3 Å². The summed E-state index contributed by atoms with van der Waals surface area (Å²) in [5.74, 6) is 0.157. The summed E-state index contributed by atoms with van der Waals surface area (Å²) in [6.45, 7) is 2.49. The van der Waals surface area contributed by atoms with Gasteiger partial charge in [0.15, 0.2) is 0 Å². The van der Waals surface area contributed by atoms with Gasteiger partial charge in [0.1, 0.15) is 11.8 Å². The van der Waals surface area contributed by atoms with E-state index in [1.165, 1.54) is 6.92 Å². The maximum absolute atomic E-state index is 12.9. The molecule has 0 aromatic heterocycles. The Morgan fingerprint density at radius 2 is 1.81 bits per heavy atom. The number of likely N-dealkylation sites (tertiary alicyclic amines) is 1. The van der Waals surface area contributed by atoms with Crippen LogP contribution >= 0.6 is 11.6 Å². The highest BCUT2D eigenvalue weighted by molar-refractivity contribution is 6.30. The molecule has 3 amide bonds. The maximum atomic E-state index is 12.9. The molecule has 2 aromatic carbocycles. The van der Waals surface area contributed by atoms with Crippen LogP contribution in [0.15, 0.2) is 48.5 Å². The number of amides is 3. The Labute approximate surface area is 193 Å². The number of nitrogens with one attached hydrogen (secondary N) is 2. The Morgan fingerprint density at radius 3 is 2.44 bits per heavy atom. The number of halogens is 1. The zero-order chi connectivity index (χ0) is 23.1. The van der Waals surface area contributed by atoms with Crippen molar-refractivity contribution in [1.29, 1.82) is 0 Å². The number of carbonyl (C=O) groups excluding carboxylic acids is 3. The number of piperidine rings is 1. The molecule has 1 aliphatic heterocycles. The van der Waals surface area contributed by atoms with Crippen molar-refractivity contribution in [2.45, 2.75) is 38.3 Å². The van der Waals surface area contributed by atoms with Crippen molar-refractivity contribution in [3.63, 3.8) is 0 Å². The SMILES string of the molecule is COc1cccc(C[C@@H](NC(C)=O)C(=O)NC2CCN(C(=O)c3ccc(Cl)cc3)CC2)c1. The molecule has 2 N–H and O–H groups in total. The van der Waals surface area contributed by atoms with Gasteiger partial charge in [-0.3, -0.25) is 14.4 Å². The molecule has 1 heterocycles. The summed E-state index contributed by atoms with van der Waals surface area (Å²) in [6.07, 6.45) is 1.66. The minimum Gasteiger partial charge on any atom is -0.497 e. The highest BCUT2D eigenvalue weighted by atomic mass is 35.5. The minimum atomic E-state index is -0.687. The van der Waals surface area contributed by atoms with Crippen LogP contribution in [-0.4, -0.2) is 54.9 Å². The molecule has 1 saturated heterocycles. The lowest BCUT2D eigenvalue weighted by molar-refractivity contribution is -0.128. The second kappa shape index (κ2) is 11.0. The van der Waals surface area contributed by atoms with Gasteiger partial charge in [0, 0.05) is 43.1 Å². The lowest BCUT2D eigenvalue weighted by Crippen LogP contribution is -2.53. The van der Waals surface area contributed by atoms with Gasteiger partial charge in [-0.1, -0.05) is 23.7 Å². The van der Waals surface area contributed by atoms with E-state index >= 15 is 0 Å². The molecular weight excluding hydrogens is 430 g/mol. The Kier molecular flexibility index (Phi) is 8.11. The van der Waals surface area contributed by atoms with Gasteiger partial charge < -0.3 is 20.3 Å². The maximum Gasteiger partial charge on any atom is 0.253 e. The second-order valence-corrected chi connectivity index (χ2v) is 8.33. The van der Waals surface area contributed by atoms with Crippen molar-refractivity contribution in [2.75, 3.05) is 20.2 Å². The van der Waals surface area contributed by atoms with Crippen LogP contribution in [0.2, 0.25) is 5.02 Å². The lowest BCUT2D eigenvalue weighted by Gasteiger charge is -2.33. The number of methoxy groups -OCH3 is 1. The number of hydrogen-bond donors (Lipinski definition) is 2. The number of benzene rings is 2. The van der Waals surface area contributed by atoms with Gasteiger partial charge in [0.25, 0.3) is 5.91 Å². The van der Waals surface area contributed by atoms with Crippen LogP contribution in [0.3, 0.4) is 0 Å². The van der Waals surface area contributed by atoms with Crippen molar-refractivity contribution >= 4 is 29.3 Å². The lowest BCUT2D eigenvalue weighted by atomic mass is 10.0. The third kappa shape index (κ3) is 6.47. The van der Waals surface area contributed by atoms with E-state index in [0.29, 0.717) is 48.7 Å². The van der Waals surface area contributed by atoms with Gasteiger partial charge in [-0.05, 0) is 54.8 Å². The molecule has 0 spiro atoms. The third-order valence-corrected chi connectivity index (χ3v) is 5.74. The molecule has 0 radical (unpaired) electrons. The third-order valence-electron chi connectivity index (χ3n) is 5.49. The van der Waals surface area contributed by atoms with E-state index in [1.54, 1.807) is 36.3 Å². The van der Waals surface area contributed by atoms with Gasteiger partial charge in [0.05, 0.1) is 7.11 Å². The molecule has 1 atom stereocenters. The van der Waals surface area contributed by atoms with Crippen LogP contribution in [0.25, 0.3) is 0 Å². The smallest absolute Gasteiger partial charge is 0.253 e. The van der Waals surface area contributed by atoms with E-state index in [2.05, 4.69) is 10.6 Å². The topological polar surface area (TPSA) is 87.7 Å². The van der Waals surface area contributed by atoms with Crippen LogP contribution in [0.1, 0.15) is 35.7 Å². The van der Waals surface area contributed by atoms with Gasteiger partial charge in [-0.15, -0.1) is 0 Å². The summed E-state index contributed by atoms with van der Waals surface area (Å²) < 4.78 is 5.24. The van der Waals surface area contributed by atoms with Crippen molar-refractivity contribution in [3.8, 4) is 5.75 Å². The predicted octanol–water partition coefficient (Wildman–Crippen LogP) is 2.82. The fraction of sp³-hybridized carbons (Fsp3) is 0.375. The number of ether oxygens (including phenoxy) is 1. The minimum absolute atomic E-state index is 0.0411. The molecule has 0 bridgehead atoms. The van der Waals surface area contributed by atoms with Crippen LogP contribution in [0.4, 0.5) is 0 Å². The molecule has 7 nitrogen and oxygen atoms in total. The Morgan fingerprint density at radius 1 is 1.12 bits per heavy atom. The average molecular weight is 458 g/mol. The molecule has 0 saturated carbocycles. The van der Waals surface area contributed by atoms with Crippen LogP contribution < -0.4 is 15.4 Å². The summed E-state index contributed by atoms with van der Waals surface area (Å²) in [5.41, 5.74) is 1.49. The molecule has 0 unspecified atom stereocenters. The Bertz CT molecular complexity index is 956. The van der Waals surface area contributed by atoms with Crippen LogP contribution in [0.5, 0.6) is 5.75 Å². The Balaban J connectivity index is 1.56. The van der Waals surface area contributed by atoms with Crippen LogP contribution in [0, 0.1) is 0 Å². The zero-order valence-electron chi connectivity index (χ0n) is 18.3. The van der Waals surface area contributed by atoms with E-state index in [-0.39, 0.29) is 23.8 Å². The zero-order valence-corrected chi connectivity index (χ0v) is 19.0. The fourth-order valence-electron chi connectivity index (χ4n) is 3.79. The van der Waals surface area contributed by atoms with Gasteiger partial charge >= 0.3 is 0 Å². The summed E-state index contributed by atoms with van der Waals surface area (Å²) in [4.78, 5) is 39.0. The van der Waals surface area contributed by atoms with E-state index < -0.39 is 6.04 Å². The second-order valence-electron chi connectivity index (χ2n) is 7.89. The first kappa shape index (κ1) is 23.6. The number of hydrogen-bond acceptors (Lipinski definition) is 4. The number of nitrogens with zero attached hydrogens (tertiary/aromatic N) is 1. The standard InChI is InChI=1S/C24H28ClN3O4/c1-16(29)26-22(15-17-4-3-5-21(14-17)32-2)23(30)27-20-10-12-28(13-11-20)24(31)18-6-8-19(25)9-7-18/h3-9,14,20,22H,10-13,15H2,1-2H3,(H,26,29)(H,27,30)/t22-/m1/s1. The summed E-state index contributed by atoms with van der Waals surface area (Å²) in [6, 6.07) is 13.5. The Hall–Kier alpha value is -3.06. The summed E-state index contributed by atoms with van der Waals surface area (Å²) in [7, 11) is 1.58. The van der Waals surface area contributed by atoms with E-state index in [9.17, 15) is 14.4 Å². The summed E-state index contributed by atoms with van der Waals surface area (Å²) >= 11 is 5.90. The summed E-state index contributed by atoms with van der Waals surface area (Å²) in [5, 5.41) is 6.37. The normalized spacial score (nSPS) is 15.0. The number of rotatable bonds is 7. The van der Waals surface area contributed by atoms with Crippen molar-refractivity contribution in [2.24, 2.45) is 0 Å². The highest BCUT2D eigenvalue weighted by Crippen LogP contribution is 2.17. The quantitative estimate of drug-likeness (QED) is 0.669. The molecule has 0 aliphatic carbocycles. The van der Waals surface area contributed by atoms with E-state index in [0.717, 1.165) is 5.56 Å².